The van der Waals surface area contributed by atoms with Gasteiger partial charge in [0.15, 0.2) is 0 Å². The van der Waals surface area contributed by atoms with Gasteiger partial charge in [-0.05, 0) is 47.3 Å². The van der Waals surface area contributed by atoms with Crippen molar-refractivity contribution in [2.75, 3.05) is 0 Å². The van der Waals surface area contributed by atoms with Crippen LogP contribution in [0.15, 0.2) is 33.7 Å². The molecule has 0 spiro atoms. The van der Waals surface area contributed by atoms with Crippen LogP contribution in [-0.4, -0.2) is 25.5 Å². The first-order valence-electron chi connectivity index (χ1n) is 6.21. The number of benzene rings is 1. The lowest BCUT2D eigenvalue weighted by molar-refractivity contribution is 0.0696. The zero-order chi connectivity index (χ0) is 15.6. The van der Waals surface area contributed by atoms with Crippen LogP contribution in [0.4, 0.5) is 0 Å². The summed E-state index contributed by atoms with van der Waals surface area (Å²) in [4.78, 5) is 11.0. The lowest BCUT2D eigenvalue weighted by Gasteiger charge is -2.19. The third kappa shape index (κ3) is 3.85. The predicted molar refractivity (Wildman–Crippen MR) is 83.2 cm³/mol. The van der Waals surface area contributed by atoms with Gasteiger partial charge in [0.25, 0.3) is 0 Å². The molecule has 1 aliphatic carbocycles. The van der Waals surface area contributed by atoms with Crippen molar-refractivity contribution in [1.82, 2.24) is 4.72 Å². The molecule has 1 atom stereocenters. The molecule has 0 heterocycles. The molecule has 1 aromatic rings. The van der Waals surface area contributed by atoms with E-state index in [1.807, 2.05) is 12.2 Å². The minimum Gasteiger partial charge on any atom is -0.478 e. The van der Waals surface area contributed by atoms with Gasteiger partial charge in [-0.3, -0.25) is 0 Å². The highest BCUT2D eigenvalue weighted by Crippen LogP contribution is 2.30. The molecule has 21 heavy (non-hydrogen) atoms. The number of hydrogen-bond donors (Lipinski definition) is 2. The van der Waals surface area contributed by atoms with Crippen LogP contribution < -0.4 is 4.72 Å². The molecule has 0 aliphatic heterocycles. The summed E-state index contributed by atoms with van der Waals surface area (Å²) in [6.45, 7) is 0. The van der Waals surface area contributed by atoms with Crippen molar-refractivity contribution < 1.29 is 18.3 Å². The minimum atomic E-state index is -3.79. The smallest absolute Gasteiger partial charge is 0.337 e. The minimum absolute atomic E-state index is 0.0259. The summed E-state index contributed by atoms with van der Waals surface area (Å²) in [5.41, 5.74) is -0.255. The van der Waals surface area contributed by atoms with Gasteiger partial charge in [-0.25, -0.2) is 17.9 Å². The summed E-state index contributed by atoms with van der Waals surface area (Å²) in [5, 5.41) is 9.05. The van der Waals surface area contributed by atoms with Gasteiger partial charge in [0, 0.05) is 10.5 Å². The normalized spacial score (nSPS) is 18.7. The standard InChI is InChI=1S/C13H13BrClNO4S/c14-11-7-9(6-10(12(11)15)13(17)18)21(19,20)16-8-4-2-1-3-5-8/h1-2,6-8,16H,3-5H2,(H,17,18). The first-order chi connectivity index (χ1) is 9.81. The molecule has 0 fully saturated rings. The fourth-order valence-corrected chi connectivity index (χ4v) is 4.20. The van der Waals surface area contributed by atoms with Gasteiger partial charge >= 0.3 is 5.97 Å². The number of carboxylic acid groups (broad SMARTS) is 1. The Morgan fingerprint density at radius 2 is 2.10 bits per heavy atom. The maximum atomic E-state index is 12.3. The second-order valence-electron chi connectivity index (χ2n) is 4.67. The number of halogens is 2. The van der Waals surface area contributed by atoms with Gasteiger partial charge in [0.05, 0.1) is 15.5 Å². The Morgan fingerprint density at radius 3 is 2.67 bits per heavy atom. The Labute approximate surface area is 136 Å². The number of sulfonamides is 1. The van der Waals surface area contributed by atoms with Gasteiger partial charge < -0.3 is 5.11 Å². The molecule has 1 aliphatic rings. The first kappa shape index (κ1) is 16.5. The zero-order valence-corrected chi connectivity index (χ0v) is 14.0. The molecule has 114 valence electrons. The molecular weight excluding hydrogens is 382 g/mol. The Morgan fingerprint density at radius 1 is 1.38 bits per heavy atom. The fraction of sp³-hybridized carbons (Fsp3) is 0.308. The highest BCUT2D eigenvalue weighted by atomic mass is 79.9. The molecule has 5 nitrogen and oxygen atoms in total. The fourth-order valence-electron chi connectivity index (χ4n) is 2.06. The SMILES string of the molecule is O=C(O)c1cc(S(=O)(=O)NC2CC=CCC2)cc(Br)c1Cl. The second-order valence-corrected chi connectivity index (χ2v) is 7.62. The number of rotatable bonds is 4. The highest BCUT2D eigenvalue weighted by Gasteiger charge is 2.24. The number of carbonyl (C=O) groups is 1. The quantitative estimate of drug-likeness (QED) is 0.768. The Kier molecular flexibility index (Phi) is 5.08. The van der Waals surface area contributed by atoms with E-state index in [9.17, 15) is 13.2 Å². The van der Waals surface area contributed by atoms with E-state index in [4.69, 9.17) is 16.7 Å². The molecule has 2 N–H and O–H groups in total. The van der Waals surface area contributed by atoms with Gasteiger partial charge in [-0.15, -0.1) is 0 Å². The van der Waals surface area contributed by atoms with E-state index in [1.165, 1.54) is 6.07 Å². The van der Waals surface area contributed by atoms with E-state index in [0.717, 1.165) is 18.9 Å². The van der Waals surface area contributed by atoms with Crippen LogP contribution in [-0.2, 0) is 10.0 Å². The third-order valence-electron chi connectivity index (χ3n) is 3.13. The summed E-state index contributed by atoms with van der Waals surface area (Å²) >= 11 is 8.93. The Bertz CT molecular complexity index is 702. The molecule has 0 amide bonds. The van der Waals surface area contributed by atoms with E-state index < -0.39 is 16.0 Å². The Balaban J connectivity index is 2.35. The number of carboxylic acids is 1. The summed E-state index contributed by atoms with van der Waals surface area (Å²) in [7, 11) is -3.79. The predicted octanol–water partition coefficient (Wildman–Crippen LogP) is 3.19. The average molecular weight is 395 g/mol. The third-order valence-corrected chi connectivity index (χ3v) is 5.89. The molecular formula is C13H13BrClNO4S. The van der Waals surface area contributed by atoms with E-state index in [0.29, 0.717) is 6.42 Å². The molecule has 0 aromatic heterocycles. The number of nitrogens with one attached hydrogen (secondary N) is 1. The van der Waals surface area contributed by atoms with Crippen molar-refractivity contribution in [1.29, 1.82) is 0 Å². The summed E-state index contributed by atoms with van der Waals surface area (Å²) < 4.78 is 27.5. The highest BCUT2D eigenvalue weighted by molar-refractivity contribution is 9.10. The van der Waals surface area contributed by atoms with Crippen LogP contribution in [0.3, 0.4) is 0 Å². The van der Waals surface area contributed by atoms with Crippen molar-refractivity contribution in [2.45, 2.75) is 30.2 Å². The van der Waals surface area contributed by atoms with E-state index in [-0.39, 0.29) is 26.0 Å². The van der Waals surface area contributed by atoms with Crippen LogP contribution in [0, 0.1) is 0 Å². The molecule has 0 radical (unpaired) electrons. The van der Waals surface area contributed by atoms with Crippen molar-refractivity contribution >= 4 is 43.5 Å². The molecule has 1 unspecified atom stereocenters. The summed E-state index contributed by atoms with van der Waals surface area (Å²) in [6.07, 6.45) is 6.09. The maximum absolute atomic E-state index is 12.3. The topological polar surface area (TPSA) is 83.5 Å². The maximum Gasteiger partial charge on any atom is 0.337 e. The zero-order valence-electron chi connectivity index (χ0n) is 10.8. The second kappa shape index (κ2) is 6.48. The molecule has 0 saturated carbocycles. The monoisotopic (exact) mass is 393 g/mol. The van der Waals surface area contributed by atoms with E-state index in [2.05, 4.69) is 20.7 Å². The van der Waals surface area contributed by atoms with Crippen LogP contribution in [0.5, 0.6) is 0 Å². The molecule has 0 saturated heterocycles. The van der Waals surface area contributed by atoms with Crippen LogP contribution in [0.25, 0.3) is 0 Å². The van der Waals surface area contributed by atoms with Crippen LogP contribution >= 0.6 is 27.5 Å². The van der Waals surface area contributed by atoms with Gasteiger partial charge in [0.1, 0.15) is 0 Å². The van der Waals surface area contributed by atoms with Gasteiger partial charge in [0.2, 0.25) is 10.0 Å². The van der Waals surface area contributed by atoms with Crippen molar-refractivity contribution in [3.63, 3.8) is 0 Å². The average Bonchev–Trinajstić information content (AvgIpc) is 2.41. The van der Waals surface area contributed by atoms with Gasteiger partial charge in [-0.2, -0.15) is 0 Å². The van der Waals surface area contributed by atoms with E-state index in [1.54, 1.807) is 0 Å². The molecule has 1 aromatic carbocycles. The van der Waals surface area contributed by atoms with Crippen molar-refractivity contribution in [3.8, 4) is 0 Å². The summed E-state index contributed by atoms with van der Waals surface area (Å²) in [5.74, 6) is -1.28. The number of hydrogen-bond acceptors (Lipinski definition) is 3. The van der Waals surface area contributed by atoms with E-state index >= 15 is 0 Å². The van der Waals surface area contributed by atoms with Gasteiger partial charge in [-0.1, -0.05) is 23.8 Å². The number of allylic oxidation sites excluding steroid dienone is 1. The van der Waals surface area contributed by atoms with Crippen molar-refractivity contribution in [3.05, 3.63) is 39.3 Å². The molecule has 0 bridgehead atoms. The summed E-state index contributed by atoms with van der Waals surface area (Å²) in [6, 6.07) is 2.19. The number of aromatic carboxylic acids is 1. The first-order valence-corrected chi connectivity index (χ1v) is 8.86. The Hall–Kier alpha value is -0.890. The largest absolute Gasteiger partial charge is 0.478 e. The van der Waals surface area contributed by atoms with Crippen LogP contribution in [0.2, 0.25) is 5.02 Å². The lowest BCUT2D eigenvalue weighted by atomic mass is 10.0. The molecule has 8 heteroatoms. The molecule has 2 rings (SSSR count). The van der Waals surface area contributed by atoms with Crippen LogP contribution in [0.1, 0.15) is 29.6 Å². The lowest BCUT2D eigenvalue weighted by Crippen LogP contribution is -2.35. The van der Waals surface area contributed by atoms with Crippen molar-refractivity contribution in [2.24, 2.45) is 0 Å².